The fourth-order valence-electron chi connectivity index (χ4n) is 2.81. The first kappa shape index (κ1) is 16.2. The van der Waals surface area contributed by atoms with E-state index in [0.29, 0.717) is 18.8 Å². The zero-order valence-corrected chi connectivity index (χ0v) is 11.5. The highest BCUT2D eigenvalue weighted by Crippen LogP contribution is 2.41. The molecular weight excluding hydrogens is 294 g/mol. The van der Waals surface area contributed by atoms with Gasteiger partial charge in [-0.05, 0) is 48.4 Å². The number of benzene rings is 1. The van der Waals surface area contributed by atoms with E-state index in [2.05, 4.69) is 0 Å². The van der Waals surface area contributed by atoms with Crippen LogP contribution in [-0.2, 0) is 12.4 Å². The molecule has 21 heavy (non-hydrogen) atoms. The van der Waals surface area contributed by atoms with Gasteiger partial charge < -0.3 is 0 Å². The lowest BCUT2D eigenvalue weighted by molar-refractivity contribution is -0.143. The summed E-state index contributed by atoms with van der Waals surface area (Å²) >= 11 is 0. The Bertz CT molecular complexity index is 460. The Balaban J connectivity index is 2.41. The molecule has 0 amide bonds. The van der Waals surface area contributed by atoms with Gasteiger partial charge in [0.15, 0.2) is 0 Å². The van der Waals surface area contributed by atoms with Crippen molar-refractivity contribution in [2.45, 2.75) is 50.9 Å². The molecule has 1 aliphatic carbocycles. The first-order valence-electron chi connectivity index (χ1n) is 6.86. The van der Waals surface area contributed by atoms with E-state index in [4.69, 9.17) is 0 Å². The molecule has 0 N–H and O–H groups in total. The van der Waals surface area contributed by atoms with E-state index >= 15 is 0 Å². The van der Waals surface area contributed by atoms with Gasteiger partial charge in [-0.3, -0.25) is 0 Å². The lowest BCUT2D eigenvalue weighted by Crippen LogP contribution is -2.15. The smallest absolute Gasteiger partial charge is 0.166 e. The minimum absolute atomic E-state index is 0.157. The third-order valence-electron chi connectivity index (χ3n) is 4.10. The zero-order valence-electron chi connectivity index (χ0n) is 11.5. The standard InChI is InChI=1S/C15H16F6/c1-9-2-4-10(5-3-9)11-6-12(14(16,17)18)8-13(7-11)15(19,20)21/h6-10H,2-5H2,1H3/t9-,10-. The van der Waals surface area contributed by atoms with E-state index < -0.39 is 23.5 Å². The molecule has 0 nitrogen and oxygen atoms in total. The van der Waals surface area contributed by atoms with Gasteiger partial charge in [0.2, 0.25) is 0 Å². The van der Waals surface area contributed by atoms with Crippen LogP contribution in [-0.4, -0.2) is 0 Å². The predicted octanol–water partition coefficient (Wildman–Crippen LogP) is 6.02. The number of hydrogen-bond donors (Lipinski definition) is 0. The van der Waals surface area contributed by atoms with Crippen LogP contribution in [0.2, 0.25) is 0 Å². The van der Waals surface area contributed by atoms with Crippen LogP contribution in [0.5, 0.6) is 0 Å². The van der Waals surface area contributed by atoms with Gasteiger partial charge >= 0.3 is 12.4 Å². The number of rotatable bonds is 1. The molecule has 0 spiro atoms. The summed E-state index contributed by atoms with van der Waals surface area (Å²) in [6.07, 6.45) is -6.58. The maximum Gasteiger partial charge on any atom is 0.416 e. The fourth-order valence-corrected chi connectivity index (χ4v) is 2.81. The van der Waals surface area contributed by atoms with Gasteiger partial charge in [0.1, 0.15) is 0 Å². The number of halogens is 6. The summed E-state index contributed by atoms with van der Waals surface area (Å²) in [5.74, 6) is 0.263. The Kier molecular flexibility index (Phi) is 4.26. The average Bonchev–Trinajstić information content (AvgIpc) is 2.37. The van der Waals surface area contributed by atoms with Crippen molar-refractivity contribution in [3.63, 3.8) is 0 Å². The minimum atomic E-state index is -4.77. The summed E-state index contributed by atoms with van der Waals surface area (Å²) in [4.78, 5) is 0. The van der Waals surface area contributed by atoms with Gasteiger partial charge in [0, 0.05) is 0 Å². The predicted molar refractivity (Wildman–Crippen MR) is 66.8 cm³/mol. The molecule has 1 aromatic rings. The first-order valence-corrected chi connectivity index (χ1v) is 6.86. The van der Waals surface area contributed by atoms with Crippen LogP contribution in [0.25, 0.3) is 0 Å². The molecule has 0 saturated heterocycles. The van der Waals surface area contributed by atoms with Crippen LogP contribution < -0.4 is 0 Å². The second-order valence-corrected chi connectivity index (χ2v) is 5.80. The summed E-state index contributed by atoms with van der Waals surface area (Å²) in [5, 5.41) is 0. The highest BCUT2D eigenvalue weighted by atomic mass is 19.4. The second-order valence-electron chi connectivity index (χ2n) is 5.80. The fraction of sp³-hybridized carbons (Fsp3) is 0.600. The summed E-state index contributed by atoms with van der Waals surface area (Å²) in [5.41, 5.74) is -2.28. The van der Waals surface area contributed by atoms with E-state index in [1.54, 1.807) is 0 Å². The molecular formula is C15H16F6. The van der Waals surface area contributed by atoms with Crippen molar-refractivity contribution >= 4 is 0 Å². The Morgan fingerprint density at radius 3 is 1.57 bits per heavy atom. The van der Waals surface area contributed by atoms with Crippen LogP contribution in [0.4, 0.5) is 26.3 Å². The molecule has 0 atom stereocenters. The lowest BCUT2D eigenvalue weighted by atomic mass is 9.79. The molecule has 1 aliphatic rings. The monoisotopic (exact) mass is 310 g/mol. The topological polar surface area (TPSA) is 0 Å². The minimum Gasteiger partial charge on any atom is -0.166 e. The Morgan fingerprint density at radius 1 is 0.762 bits per heavy atom. The van der Waals surface area contributed by atoms with Crippen molar-refractivity contribution in [1.29, 1.82) is 0 Å². The molecule has 0 bridgehead atoms. The lowest BCUT2D eigenvalue weighted by Gasteiger charge is -2.27. The molecule has 1 fully saturated rings. The van der Waals surface area contributed by atoms with Crippen LogP contribution in [0.3, 0.4) is 0 Å². The molecule has 1 saturated carbocycles. The number of hydrogen-bond acceptors (Lipinski definition) is 0. The third kappa shape index (κ3) is 3.92. The Morgan fingerprint density at radius 2 is 1.19 bits per heavy atom. The summed E-state index contributed by atoms with van der Waals surface area (Å²) in [6.45, 7) is 2.05. The summed E-state index contributed by atoms with van der Waals surface area (Å²) < 4.78 is 76.8. The van der Waals surface area contributed by atoms with Crippen molar-refractivity contribution in [3.8, 4) is 0 Å². The normalized spacial score (nSPS) is 24.1. The third-order valence-corrected chi connectivity index (χ3v) is 4.10. The van der Waals surface area contributed by atoms with Crippen molar-refractivity contribution in [2.24, 2.45) is 5.92 Å². The summed E-state index contributed by atoms with van der Waals surface area (Å²) in [7, 11) is 0. The Hall–Kier alpha value is -1.20. The molecule has 6 heteroatoms. The zero-order chi connectivity index (χ0) is 15.8. The Labute approximate surface area is 119 Å². The van der Waals surface area contributed by atoms with Crippen molar-refractivity contribution in [3.05, 3.63) is 34.9 Å². The first-order chi connectivity index (χ1) is 9.57. The van der Waals surface area contributed by atoms with Crippen LogP contribution in [0.15, 0.2) is 18.2 Å². The van der Waals surface area contributed by atoms with Gasteiger partial charge in [-0.15, -0.1) is 0 Å². The van der Waals surface area contributed by atoms with Crippen molar-refractivity contribution in [1.82, 2.24) is 0 Å². The number of alkyl halides is 6. The van der Waals surface area contributed by atoms with Crippen molar-refractivity contribution in [2.75, 3.05) is 0 Å². The van der Waals surface area contributed by atoms with Crippen LogP contribution in [0, 0.1) is 5.92 Å². The molecule has 2 rings (SSSR count). The van der Waals surface area contributed by atoms with E-state index in [1.165, 1.54) is 0 Å². The largest absolute Gasteiger partial charge is 0.416 e. The van der Waals surface area contributed by atoms with E-state index in [9.17, 15) is 26.3 Å². The molecule has 0 heterocycles. The van der Waals surface area contributed by atoms with Gasteiger partial charge in [-0.2, -0.15) is 26.3 Å². The average molecular weight is 310 g/mol. The highest BCUT2D eigenvalue weighted by molar-refractivity contribution is 5.35. The molecule has 0 aromatic heterocycles. The van der Waals surface area contributed by atoms with Gasteiger partial charge in [0.25, 0.3) is 0 Å². The maximum absolute atomic E-state index is 12.8. The maximum atomic E-state index is 12.8. The van der Waals surface area contributed by atoms with E-state index in [-0.39, 0.29) is 17.5 Å². The molecule has 0 aliphatic heterocycles. The quantitative estimate of drug-likeness (QED) is 0.557. The van der Waals surface area contributed by atoms with E-state index in [0.717, 1.165) is 25.0 Å². The van der Waals surface area contributed by atoms with Gasteiger partial charge in [-0.1, -0.05) is 19.8 Å². The second kappa shape index (κ2) is 5.54. The van der Waals surface area contributed by atoms with Crippen molar-refractivity contribution < 1.29 is 26.3 Å². The molecule has 118 valence electrons. The highest BCUT2D eigenvalue weighted by Gasteiger charge is 2.37. The molecule has 0 unspecified atom stereocenters. The molecule has 0 radical (unpaired) electrons. The summed E-state index contributed by atoms with van der Waals surface area (Å²) in [6, 6.07) is 1.93. The van der Waals surface area contributed by atoms with Crippen LogP contribution in [0.1, 0.15) is 55.2 Å². The van der Waals surface area contributed by atoms with Gasteiger partial charge in [0.05, 0.1) is 11.1 Å². The van der Waals surface area contributed by atoms with Crippen LogP contribution >= 0.6 is 0 Å². The van der Waals surface area contributed by atoms with E-state index in [1.807, 2.05) is 6.92 Å². The molecule has 1 aromatic carbocycles. The van der Waals surface area contributed by atoms with Gasteiger partial charge in [-0.25, -0.2) is 0 Å². The SMILES string of the molecule is C[C@H]1CC[C@H](c2cc(C(F)(F)F)cc(C(F)(F)F)c2)CC1.